The van der Waals surface area contributed by atoms with E-state index in [1.807, 2.05) is 0 Å². The number of benzene rings is 4. The van der Waals surface area contributed by atoms with Crippen LogP contribution < -0.4 is 18.9 Å². The van der Waals surface area contributed by atoms with Gasteiger partial charge >= 0.3 is 0 Å². The van der Waals surface area contributed by atoms with E-state index in [0.29, 0.717) is 0 Å². The maximum atomic E-state index is 5.66. The van der Waals surface area contributed by atoms with E-state index in [9.17, 15) is 0 Å². The molecule has 0 saturated carbocycles. The number of ether oxygens (including phenoxy) is 4. The summed E-state index contributed by atoms with van der Waals surface area (Å²) in [6.45, 7) is 0. The third kappa shape index (κ3) is 4.51. The first-order chi connectivity index (χ1) is 17.6. The van der Waals surface area contributed by atoms with Gasteiger partial charge in [-0.3, -0.25) is 0 Å². The van der Waals surface area contributed by atoms with Crippen LogP contribution in [0, 0.1) is 0 Å². The maximum Gasteiger partial charge on any atom is 0.119 e. The van der Waals surface area contributed by atoms with Crippen LogP contribution in [0.4, 0.5) is 0 Å². The molecule has 0 N–H and O–H groups in total. The molecule has 0 fully saturated rings. The van der Waals surface area contributed by atoms with E-state index in [1.54, 1.807) is 28.4 Å². The molecule has 0 bridgehead atoms. The van der Waals surface area contributed by atoms with Crippen molar-refractivity contribution >= 4 is 0 Å². The third-order valence-electron chi connectivity index (χ3n) is 7.44. The number of methoxy groups -OCH3 is 4. The smallest absolute Gasteiger partial charge is 0.119 e. The molecule has 36 heavy (non-hydrogen) atoms. The second-order valence-corrected chi connectivity index (χ2v) is 9.20. The predicted octanol–water partition coefficient (Wildman–Crippen LogP) is 6.98. The lowest BCUT2D eigenvalue weighted by atomic mass is 9.62. The minimum atomic E-state index is 0.134. The zero-order chi connectivity index (χ0) is 25.1. The standard InChI is InChI=1S/C32H32O4/c1-33-25-12-5-21(6-13-25)29-19-24-11-18-28(36-4)20-30(24)32(23-9-16-27(35-3)17-10-23)31(29)22-7-14-26(34-2)15-8-22/h5-18,20,29,31-32H,19H2,1-4H3/t29-,31-,32-/m0/s1. The Morgan fingerprint density at radius 2 is 0.944 bits per heavy atom. The van der Waals surface area contributed by atoms with Crippen LogP contribution in [0.1, 0.15) is 45.6 Å². The molecule has 4 nitrogen and oxygen atoms in total. The Morgan fingerprint density at radius 1 is 0.500 bits per heavy atom. The summed E-state index contributed by atoms with van der Waals surface area (Å²) in [6.07, 6.45) is 0.939. The normalized spacial score (nSPS) is 18.7. The van der Waals surface area contributed by atoms with E-state index >= 15 is 0 Å². The molecule has 4 heteroatoms. The van der Waals surface area contributed by atoms with E-state index in [-0.39, 0.29) is 17.8 Å². The van der Waals surface area contributed by atoms with E-state index in [0.717, 1.165) is 29.4 Å². The Labute approximate surface area is 213 Å². The first-order valence-corrected chi connectivity index (χ1v) is 12.2. The molecule has 0 aliphatic heterocycles. The number of rotatable bonds is 7. The Morgan fingerprint density at radius 3 is 1.44 bits per heavy atom. The van der Waals surface area contributed by atoms with Gasteiger partial charge in [0.2, 0.25) is 0 Å². The van der Waals surface area contributed by atoms with Crippen molar-refractivity contribution in [2.45, 2.75) is 24.2 Å². The van der Waals surface area contributed by atoms with Gasteiger partial charge in [-0.1, -0.05) is 42.5 Å². The van der Waals surface area contributed by atoms with Gasteiger partial charge in [0.25, 0.3) is 0 Å². The molecule has 0 heterocycles. The van der Waals surface area contributed by atoms with E-state index < -0.39 is 0 Å². The largest absolute Gasteiger partial charge is 0.497 e. The van der Waals surface area contributed by atoms with E-state index in [2.05, 4.69) is 91.0 Å². The summed E-state index contributed by atoms with van der Waals surface area (Å²) in [5, 5.41) is 0. The molecular weight excluding hydrogens is 448 g/mol. The summed E-state index contributed by atoms with van der Waals surface area (Å²) in [5.74, 6) is 4.08. The molecule has 0 saturated heterocycles. The molecule has 1 aliphatic rings. The number of hydrogen-bond donors (Lipinski definition) is 0. The van der Waals surface area contributed by atoms with Gasteiger partial charge in [-0.05, 0) is 88.7 Å². The van der Waals surface area contributed by atoms with Crippen molar-refractivity contribution in [1.29, 1.82) is 0 Å². The molecule has 4 aromatic rings. The van der Waals surface area contributed by atoms with Gasteiger partial charge in [0, 0.05) is 11.8 Å². The SMILES string of the molecule is COc1ccc([C@H]2c3cc(OC)ccc3C[C@@H](c3ccc(OC)cc3)[C@@H]2c2ccc(OC)cc2)cc1. The quantitative estimate of drug-likeness (QED) is 0.286. The highest BCUT2D eigenvalue weighted by molar-refractivity contribution is 5.52. The molecular formula is C32H32O4. The van der Waals surface area contributed by atoms with Crippen LogP contribution in [0.3, 0.4) is 0 Å². The summed E-state index contributed by atoms with van der Waals surface area (Å²) >= 11 is 0. The van der Waals surface area contributed by atoms with Gasteiger partial charge in [-0.15, -0.1) is 0 Å². The Hall–Kier alpha value is -3.92. The second kappa shape index (κ2) is 10.4. The van der Waals surface area contributed by atoms with Gasteiger partial charge in [0.05, 0.1) is 28.4 Å². The summed E-state index contributed by atoms with van der Waals surface area (Å²) in [5.41, 5.74) is 6.50. The highest BCUT2D eigenvalue weighted by atomic mass is 16.5. The molecule has 4 aromatic carbocycles. The van der Waals surface area contributed by atoms with Gasteiger partial charge in [-0.2, -0.15) is 0 Å². The average molecular weight is 481 g/mol. The lowest BCUT2D eigenvalue weighted by Gasteiger charge is -2.41. The molecule has 5 rings (SSSR count). The van der Waals surface area contributed by atoms with Crippen LogP contribution in [0.2, 0.25) is 0 Å². The third-order valence-corrected chi connectivity index (χ3v) is 7.44. The second-order valence-electron chi connectivity index (χ2n) is 9.20. The zero-order valence-electron chi connectivity index (χ0n) is 21.2. The molecule has 1 aliphatic carbocycles. The van der Waals surface area contributed by atoms with E-state index in [4.69, 9.17) is 18.9 Å². The topological polar surface area (TPSA) is 36.9 Å². The van der Waals surface area contributed by atoms with E-state index in [1.165, 1.54) is 27.8 Å². The number of fused-ring (bicyclic) bond motifs is 1. The van der Waals surface area contributed by atoms with Crippen molar-refractivity contribution < 1.29 is 18.9 Å². The molecule has 0 radical (unpaired) electrons. The van der Waals surface area contributed by atoms with Crippen LogP contribution in [-0.4, -0.2) is 28.4 Å². The van der Waals surface area contributed by atoms with Crippen molar-refractivity contribution in [3.8, 4) is 23.0 Å². The molecule has 3 atom stereocenters. The van der Waals surface area contributed by atoms with Gasteiger partial charge < -0.3 is 18.9 Å². The minimum Gasteiger partial charge on any atom is -0.497 e. The maximum absolute atomic E-state index is 5.66. The van der Waals surface area contributed by atoms with Crippen LogP contribution >= 0.6 is 0 Å². The Kier molecular flexibility index (Phi) is 6.86. The fourth-order valence-electron chi connectivity index (χ4n) is 5.59. The average Bonchev–Trinajstić information content (AvgIpc) is 2.96. The molecule has 0 unspecified atom stereocenters. The van der Waals surface area contributed by atoms with Gasteiger partial charge in [-0.25, -0.2) is 0 Å². The zero-order valence-corrected chi connectivity index (χ0v) is 21.2. The van der Waals surface area contributed by atoms with Gasteiger partial charge in [0.1, 0.15) is 23.0 Å². The summed E-state index contributed by atoms with van der Waals surface area (Å²) < 4.78 is 22.0. The fraction of sp³-hybridized carbons (Fsp3) is 0.250. The van der Waals surface area contributed by atoms with Crippen molar-refractivity contribution in [2.24, 2.45) is 0 Å². The lowest BCUT2D eigenvalue weighted by Crippen LogP contribution is -2.28. The molecule has 0 aromatic heterocycles. The van der Waals surface area contributed by atoms with Crippen LogP contribution in [0.15, 0.2) is 91.0 Å². The molecule has 0 spiro atoms. The van der Waals surface area contributed by atoms with Crippen molar-refractivity contribution in [1.82, 2.24) is 0 Å². The molecule has 184 valence electrons. The van der Waals surface area contributed by atoms with Crippen molar-refractivity contribution in [3.63, 3.8) is 0 Å². The van der Waals surface area contributed by atoms with Crippen LogP contribution in [0.25, 0.3) is 0 Å². The fourth-order valence-corrected chi connectivity index (χ4v) is 5.59. The summed E-state index contributed by atoms with van der Waals surface area (Å²) in [7, 11) is 6.85. The number of hydrogen-bond acceptors (Lipinski definition) is 4. The predicted molar refractivity (Wildman–Crippen MR) is 143 cm³/mol. The monoisotopic (exact) mass is 480 g/mol. The highest BCUT2D eigenvalue weighted by Gasteiger charge is 2.39. The Balaban J connectivity index is 1.72. The summed E-state index contributed by atoms with van der Waals surface area (Å²) in [6, 6.07) is 32.1. The van der Waals surface area contributed by atoms with Crippen LogP contribution in [0.5, 0.6) is 23.0 Å². The van der Waals surface area contributed by atoms with Crippen LogP contribution in [-0.2, 0) is 6.42 Å². The molecule has 0 amide bonds. The lowest BCUT2D eigenvalue weighted by molar-refractivity contribution is 0.406. The first-order valence-electron chi connectivity index (χ1n) is 12.2. The Bertz CT molecular complexity index is 1290. The first kappa shape index (κ1) is 23.8. The van der Waals surface area contributed by atoms with Crippen molar-refractivity contribution in [3.05, 3.63) is 119 Å². The van der Waals surface area contributed by atoms with Crippen molar-refractivity contribution in [2.75, 3.05) is 28.4 Å². The summed E-state index contributed by atoms with van der Waals surface area (Å²) in [4.78, 5) is 0. The van der Waals surface area contributed by atoms with Gasteiger partial charge in [0.15, 0.2) is 0 Å². The minimum absolute atomic E-state index is 0.134. The highest BCUT2D eigenvalue weighted by Crippen LogP contribution is 2.53.